The van der Waals surface area contributed by atoms with Crippen molar-refractivity contribution in [3.63, 3.8) is 0 Å². The van der Waals surface area contributed by atoms with Crippen LogP contribution in [0.1, 0.15) is 26.3 Å². The Labute approximate surface area is 118 Å². The summed E-state index contributed by atoms with van der Waals surface area (Å²) >= 11 is 0. The van der Waals surface area contributed by atoms with Gasteiger partial charge >= 0.3 is 0 Å². The third kappa shape index (κ3) is 2.00. The summed E-state index contributed by atoms with van der Waals surface area (Å²) in [7, 11) is 0. The summed E-state index contributed by atoms with van der Waals surface area (Å²) in [6, 6.07) is 7.99. The topological polar surface area (TPSA) is 63.4 Å². The Morgan fingerprint density at radius 1 is 0.905 bits per heavy atom. The third-order valence-electron chi connectivity index (χ3n) is 3.36. The zero-order valence-electron chi connectivity index (χ0n) is 10.8. The number of nitrogens with zero attached hydrogens (tertiary/aromatic N) is 1. The van der Waals surface area contributed by atoms with E-state index in [1.165, 1.54) is 0 Å². The van der Waals surface area contributed by atoms with Crippen LogP contribution in [0.3, 0.4) is 0 Å². The van der Waals surface area contributed by atoms with Crippen LogP contribution < -0.4 is 10.6 Å². The second-order valence-electron chi connectivity index (χ2n) is 4.63. The van der Waals surface area contributed by atoms with Crippen LogP contribution in [0.15, 0.2) is 36.4 Å². The van der Waals surface area contributed by atoms with E-state index in [-0.39, 0.29) is 11.1 Å². The highest BCUT2D eigenvalue weighted by Gasteiger charge is 2.37. The lowest BCUT2D eigenvalue weighted by atomic mass is 10.1. The van der Waals surface area contributed by atoms with E-state index in [1.54, 1.807) is 24.3 Å². The Balaban J connectivity index is 2.06. The number of benzene rings is 2. The number of halogens is 2. The summed E-state index contributed by atoms with van der Waals surface area (Å²) in [5.41, 5.74) is 6.38. The first-order chi connectivity index (χ1) is 10.0. The lowest BCUT2D eigenvalue weighted by Crippen LogP contribution is -2.29. The van der Waals surface area contributed by atoms with E-state index < -0.39 is 23.4 Å². The Morgan fingerprint density at radius 3 is 1.81 bits per heavy atom. The van der Waals surface area contributed by atoms with Gasteiger partial charge in [-0.1, -0.05) is 12.1 Å². The Morgan fingerprint density at radius 2 is 1.38 bits per heavy atom. The number of hydrogen-bond donors (Lipinski definition) is 1. The summed E-state index contributed by atoms with van der Waals surface area (Å²) in [5, 5.41) is 0. The molecule has 0 spiro atoms. The lowest BCUT2D eigenvalue weighted by molar-refractivity contribution is 0.0926. The number of hydrogen-bond acceptors (Lipinski definition) is 3. The number of carbonyl (C=O) groups excluding carboxylic acids is 2. The van der Waals surface area contributed by atoms with Crippen molar-refractivity contribution in [2.75, 3.05) is 4.90 Å². The normalized spacial score (nSPS) is 13.8. The van der Waals surface area contributed by atoms with Gasteiger partial charge in [-0.3, -0.25) is 9.59 Å². The van der Waals surface area contributed by atoms with Gasteiger partial charge in [-0.2, -0.15) is 0 Å². The van der Waals surface area contributed by atoms with Crippen molar-refractivity contribution >= 4 is 17.5 Å². The van der Waals surface area contributed by atoms with Crippen molar-refractivity contribution in [2.45, 2.75) is 6.54 Å². The van der Waals surface area contributed by atoms with Crippen molar-refractivity contribution in [3.8, 4) is 0 Å². The molecule has 2 aromatic carbocycles. The second kappa shape index (κ2) is 4.75. The molecule has 6 heteroatoms. The molecule has 1 aliphatic heterocycles. The molecule has 2 N–H and O–H groups in total. The van der Waals surface area contributed by atoms with E-state index in [0.717, 1.165) is 22.6 Å². The molecule has 3 rings (SSSR count). The standard InChI is InChI=1S/C15H10F2N2O2/c16-12-5-10-11(6-13(12)17)15(21)19(14(10)20)9-3-1-8(7-18)2-4-9/h1-6H,7,18H2. The minimum absolute atomic E-state index is 0.137. The fraction of sp³-hybridized carbons (Fsp3) is 0.0667. The van der Waals surface area contributed by atoms with Crippen molar-refractivity contribution < 1.29 is 18.4 Å². The van der Waals surface area contributed by atoms with Crippen LogP contribution in [-0.2, 0) is 6.54 Å². The molecule has 0 saturated carbocycles. The van der Waals surface area contributed by atoms with Crippen LogP contribution in [-0.4, -0.2) is 11.8 Å². The smallest absolute Gasteiger partial charge is 0.266 e. The zero-order chi connectivity index (χ0) is 15.1. The van der Waals surface area contributed by atoms with Crippen molar-refractivity contribution in [1.82, 2.24) is 0 Å². The van der Waals surface area contributed by atoms with E-state index in [4.69, 9.17) is 5.73 Å². The highest BCUT2D eigenvalue weighted by atomic mass is 19.2. The summed E-state index contributed by atoms with van der Waals surface area (Å²) in [5.74, 6) is -3.66. The van der Waals surface area contributed by atoms with Gasteiger partial charge in [0.25, 0.3) is 11.8 Å². The van der Waals surface area contributed by atoms with Gasteiger partial charge in [0.05, 0.1) is 16.8 Å². The molecule has 1 heterocycles. The highest BCUT2D eigenvalue weighted by molar-refractivity contribution is 6.34. The van der Waals surface area contributed by atoms with Gasteiger partial charge < -0.3 is 5.73 Å². The molecule has 0 bridgehead atoms. The molecule has 2 aromatic rings. The average molecular weight is 288 g/mol. The molecule has 0 unspecified atom stereocenters. The molecule has 0 saturated heterocycles. The van der Waals surface area contributed by atoms with Crippen LogP contribution in [0.2, 0.25) is 0 Å². The first kappa shape index (κ1) is 13.4. The Bertz CT molecular complexity index is 716. The van der Waals surface area contributed by atoms with Crippen LogP contribution in [0.25, 0.3) is 0 Å². The summed E-state index contributed by atoms with van der Waals surface area (Å²) in [6.45, 7) is 0.332. The number of rotatable bonds is 2. The van der Waals surface area contributed by atoms with E-state index >= 15 is 0 Å². The van der Waals surface area contributed by atoms with Crippen LogP contribution in [0.5, 0.6) is 0 Å². The molecule has 4 nitrogen and oxygen atoms in total. The average Bonchev–Trinajstić information content (AvgIpc) is 2.72. The maximum Gasteiger partial charge on any atom is 0.266 e. The molecule has 0 aliphatic carbocycles. The summed E-state index contributed by atoms with van der Waals surface area (Å²) in [6.07, 6.45) is 0. The molecular formula is C15H10F2N2O2. The van der Waals surface area contributed by atoms with Crippen molar-refractivity contribution in [3.05, 3.63) is 64.7 Å². The predicted octanol–water partition coefficient (Wildman–Crippen LogP) is 2.22. The summed E-state index contributed by atoms with van der Waals surface area (Å²) in [4.78, 5) is 25.3. The minimum atomic E-state index is -1.16. The Hall–Kier alpha value is -2.60. The maximum atomic E-state index is 13.2. The van der Waals surface area contributed by atoms with E-state index in [2.05, 4.69) is 0 Å². The second-order valence-corrected chi connectivity index (χ2v) is 4.63. The minimum Gasteiger partial charge on any atom is -0.326 e. The van der Waals surface area contributed by atoms with E-state index in [9.17, 15) is 18.4 Å². The first-order valence-electron chi connectivity index (χ1n) is 6.19. The number of nitrogens with two attached hydrogens (primary N) is 1. The largest absolute Gasteiger partial charge is 0.326 e. The number of amides is 2. The third-order valence-corrected chi connectivity index (χ3v) is 3.36. The van der Waals surface area contributed by atoms with Gasteiger partial charge in [0.2, 0.25) is 0 Å². The number of anilines is 1. The van der Waals surface area contributed by atoms with Crippen LogP contribution >= 0.6 is 0 Å². The van der Waals surface area contributed by atoms with Gasteiger partial charge in [-0.15, -0.1) is 0 Å². The SMILES string of the molecule is NCc1ccc(N2C(=O)c3cc(F)c(F)cc3C2=O)cc1. The molecule has 0 radical (unpaired) electrons. The fourth-order valence-electron chi connectivity index (χ4n) is 2.25. The predicted molar refractivity (Wildman–Crippen MR) is 71.8 cm³/mol. The van der Waals surface area contributed by atoms with Gasteiger partial charge in [0, 0.05) is 6.54 Å². The van der Waals surface area contributed by atoms with Gasteiger partial charge in [0.15, 0.2) is 11.6 Å². The van der Waals surface area contributed by atoms with Gasteiger partial charge in [0.1, 0.15) is 0 Å². The summed E-state index contributed by atoms with van der Waals surface area (Å²) < 4.78 is 26.5. The molecular weight excluding hydrogens is 278 g/mol. The quantitative estimate of drug-likeness (QED) is 0.862. The zero-order valence-corrected chi connectivity index (χ0v) is 10.8. The van der Waals surface area contributed by atoms with Crippen LogP contribution in [0.4, 0.5) is 14.5 Å². The van der Waals surface area contributed by atoms with Gasteiger partial charge in [-0.05, 0) is 29.8 Å². The van der Waals surface area contributed by atoms with Crippen molar-refractivity contribution in [1.29, 1.82) is 0 Å². The first-order valence-corrected chi connectivity index (χ1v) is 6.19. The lowest BCUT2D eigenvalue weighted by Gasteiger charge is -2.14. The number of fused-ring (bicyclic) bond motifs is 1. The van der Waals surface area contributed by atoms with Crippen molar-refractivity contribution in [2.24, 2.45) is 5.73 Å². The van der Waals surface area contributed by atoms with Gasteiger partial charge in [-0.25, -0.2) is 13.7 Å². The van der Waals surface area contributed by atoms with Crippen LogP contribution in [0, 0.1) is 11.6 Å². The Kier molecular flexibility index (Phi) is 3.03. The highest BCUT2D eigenvalue weighted by Crippen LogP contribution is 2.29. The molecule has 2 amide bonds. The fourth-order valence-corrected chi connectivity index (χ4v) is 2.25. The molecule has 0 aromatic heterocycles. The molecule has 0 atom stereocenters. The molecule has 106 valence electrons. The molecule has 21 heavy (non-hydrogen) atoms. The number of carbonyl (C=O) groups is 2. The van der Waals surface area contributed by atoms with E-state index in [1.807, 2.05) is 0 Å². The molecule has 0 fully saturated rings. The maximum absolute atomic E-state index is 13.2. The molecule has 1 aliphatic rings. The number of imide groups is 1. The monoisotopic (exact) mass is 288 g/mol. The van der Waals surface area contributed by atoms with E-state index in [0.29, 0.717) is 12.2 Å².